The molecular weight excluding hydrogens is 252 g/mol. The van der Waals surface area contributed by atoms with Gasteiger partial charge in [-0.3, -0.25) is 9.48 Å². The summed E-state index contributed by atoms with van der Waals surface area (Å²) in [7, 11) is 0. The molecule has 0 bridgehead atoms. The van der Waals surface area contributed by atoms with Crippen LogP contribution in [0.4, 0.5) is 11.4 Å². The molecule has 1 heterocycles. The molecule has 0 atom stereocenters. The highest BCUT2D eigenvalue weighted by atomic mass is 16.2. The molecule has 0 aliphatic carbocycles. The highest BCUT2D eigenvalue weighted by Gasteiger charge is 2.22. The molecule has 0 radical (unpaired) electrons. The van der Waals surface area contributed by atoms with Gasteiger partial charge in [-0.25, -0.2) is 0 Å². The van der Waals surface area contributed by atoms with Gasteiger partial charge in [0.25, 0.3) is 5.91 Å². The second kappa shape index (κ2) is 5.77. The fourth-order valence-corrected chi connectivity index (χ4v) is 2.02. The lowest BCUT2D eigenvalue weighted by atomic mass is 10.2. The molecule has 0 fully saturated rings. The lowest BCUT2D eigenvalue weighted by Gasteiger charge is -2.20. The number of nitrogens with two attached hydrogens (primary N) is 1. The van der Waals surface area contributed by atoms with E-state index >= 15 is 0 Å². The van der Waals surface area contributed by atoms with Crippen molar-refractivity contribution in [2.75, 3.05) is 17.2 Å². The molecule has 2 N–H and O–H groups in total. The van der Waals surface area contributed by atoms with E-state index in [-0.39, 0.29) is 11.9 Å². The van der Waals surface area contributed by atoms with Gasteiger partial charge >= 0.3 is 0 Å². The number of anilines is 2. The highest BCUT2D eigenvalue weighted by molar-refractivity contribution is 6.07. The van der Waals surface area contributed by atoms with E-state index in [9.17, 15) is 4.79 Å². The average Bonchev–Trinajstić information content (AvgIpc) is 2.83. The van der Waals surface area contributed by atoms with Crippen LogP contribution >= 0.6 is 0 Å². The van der Waals surface area contributed by atoms with Crippen molar-refractivity contribution >= 4 is 17.3 Å². The van der Waals surface area contributed by atoms with Crippen molar-refractivity contribution in [1.29, 1.82) is 0 Å². The number of benzene rings is 1. The quantitative estimate of drug-likeness (QED) is 0.930. The minimum absolute atomic E-state index is 0.171. The molecule has 0 aliphatic rings. The Balaban J connectivity index is 2.34. The smallest absolute Gasteiger partial charge is 0.280 e. The molecule has 5 heteroatoms. The van der Waals surface area contributed by atoms with Crippen LogP contribution in [0.5, 0.6) is 0 Å². The second-order valence-electron chi connectivity index (χ2n) is 4.89. The summed E-state index contributed by atoms with van der Waals surface area (Å²) in [5, 5.41) is 4.30. The lowest BCUT2D eigenvalue weighted by molar-refractivity contribution is 0.0983. The van der Waals surface area contributed by atoms with Gasteiger partial charge in [-0.1, -0.05) is 18.2 Å². The van der Waals surface area contributed by atoms with Gasteiger partial charge in [0.05, 0.1) is 5.69 Å². The fraction of sp³-hybridized carbons (Fsp3) is 0.333. The van der Waals surface area contributed by atoms with E-state index in [1.54, 1.807) is 15.8 Å². The van der Waals surface area contributed by atoms with Crippen molar-refractivity contribution in [3.63, 3.8) is 0 Å². The summed E-state index contributed by atoms with van der Waals surface area (Å²) in [6.45, 7) is 6.49. The maximum atomic E-state index is 12.6. The second-order valence-corrected chi connectivity index (χ2v) is 4.89. The van der Waals surface area contributed by atoms with E-state index < -0.39 is 0 Å². The monoisotopic (exact) mass is 272 g/mol. The summed E-state index contributed by atoms with van der Waals surface area (Å²) in [6.07, 6.45) is 1.71. The topological polar surface area (TPSA) is 64.2 Å². The number of nitrogen functional groups attached to an aromatic ring is 1. The van der Waals surface area contributed by atoms with Crippen LogP contribution in [-0.2, 0) is 0 Å². The van der Waals surface area contributed by atoms with Crippen LogP contribution in [0.2, 0.25) is 0 Å². The van der Waals surface area contributed by atoms with E-state index in [0.717, 1.165) is 5.69 Å². The summed E-state index contributed by atoms with van der Waals surface area (Å²) in [5.74, 6) is -0.171. The molecule has 20 heavy (non-hydrogen) atoms. The number of amides is 1. The van der Waals surface area contributed by atoms with Gasteiger partial charge in [-0.05, 0) is 32.9 Å². The highest BCUT2D eigenvalue weighted by Crippen LogP contribution is 2.20. The van der Waals surface area contributed by atoms with Crippen molar-refractivity contribution < 1.29 is 4.79 Å². The first-order valence-electron chi connectivity index (χ1n) is 6.76. The SMILES string of the molecule is CCN(C(=O)c1nn(C(C)C)cc1N)c1ccccc1. The predicted molar refractivity (Wildman–Crippen MR) is 80.8 cm³/mol. The average molecular weight is 272 g/mol. The molecule has 1 aromatic heterocycles. The third-order valence-electron chi connectivity index (χ3n) is 3.12. The molecule has 2 aromatic rings. The first-order valence-corrected chi connectivity index (χ1v) is 6.76. The maximum Gasteiger partial charge on any atom is 0.280 e. The Morgan fingerprint density at radius 1 is 1.35 bits per heavy atom. The molecule has 0 saturated carbocycles. The normalized spacial score (nSPS) is 10.8. The van der Waals surface area contributed by atoms with Crippen molar-refractivity contribution in [1.82, 2.24) is 9.78 Å². The Labute approximate surface area is 119 Å². The number of hydrogen-bond acceptors (Lipinski definition) is 3. The number of nitrogens with zero attached hydrogens (tertiary/aromatic N) is 3. The van der Waals surface area contributed by atoms with Crippen LogP contribution in [0.25, 0.3) is 0 Å². The zero-order valence-electron chi connectivity index (χ0n) is 12.1. The zero-order chi connectivity index (χ0) is 14.7. The molecule has 1 aromatic carbocycles. The summed E-state index contributed by atoms with van der Waals surface area (Å²) < 4.78 is 1.71. The van der Waals surface area contributed by atoms with Crippen LogP contribution in [0.3, 0.4) is 0 Å². The number of aromatic nitrogens is 2. The number of carbonyl (C=O) groups excluding carboxylic acids is 1. The lowest BCUT2D eigenvalue weighted by Crippen LogP contribution is -2.31. The zero-order valence-corrected chi connectivity index (χ0v) is 12.1. The summed E-state index contributed by atoms with van der Waals surface area (Å²) >= 11 is 0. The third-order valence-corrected chi connectivity index (χ3v) is 3.12. The first kappa shape index (κ1) is 14.1. The first-order chi connectivity index (χ1) is 9.54. The number of carbonyl (C=O) groups is 1. The number of rotatable bonds is 4. The van der Waals surface area contributed by atoms with E-state index in [1.165, 1.54) is 0 Å². The summed E-state index contributed by atoms with van der Waals surface area (Å²) in [4.78, 5) is 14.3. The molecule has 0 aliphatic heterocycles. The molecule has 0 spiro atoms. The molecule has 0 saturated heterocycles. The van der Waals surface area contributed by atoms with Crippen LogP contribution in [0.1, 0.15) is 37.3 Å². The van der Waals surface area contributed by atoms with Crippen molar-refractivity contribution in [3.8, 4) is 0 Å². The number of para-hydroxylation sites is 1. The fourth-order valence-electron chi connectivity index (χ4n) is 2.02. The molecule has 2 rings (SSSR count). The van der Waals surface area contributed by atoms with E-state index in [0.29, 0.717) is 17.9 Å². The molecule has 1 amide bonds. The van der Waals surface area contributed by atoms with E-state index in [2.05, 4.69) is 5.10 Å². The molecule has 0 unspecified atom stereocenters. The summed E-state index contributed by atoms with van der Waals surface area (Å²) in [5.41, 5.74) is 7.49. The largest absolute Gasteiger partial charge is 0.396 e. The van der Waals surface area contributed by atoms with Crippen LogP contribution < -0.4 is 10.6 Å². The van der Waals surface area contributed by atoms with E-state index in [1.807, 2.05) is 51.1 Å². The Bertz CT molecular complexity index is 589. The molecular formula is C15H20N4O. The van der Waals surface area contributed by atoms with Gasteiger partial charge in [0.2, 0.25) is 0 Å². The van der Waals surface area contributed by atoms with Gasteiger partial charge in [-0.15, -0.1) is 0 Å². The minimum Gasteiger partial charge on any atom is -0.396 e. The molecule has 106 valence electrons. The predicted octanol–water partition coefficient (Wildman–Crippen LogP) is 2.71. The molecule has 5 nitrogen and oxygen atoms in total. The summed E-state index contributed by atoms with van der Waals surface area (Å²) in [6, 6.07) is 9.70. The van der Waals surface area contributed by atoms with Crippen molar-refractivity contribution in [2.45, 2.75) is 26.8 Å². The Morgan fingerprint density at radius 3 is 2.50 bits per heavy atom. The van der Waals surface area contributed by atoms with E-state index in [4.69, 9.17) is 5.73 Å². The Morgan fingerprint density at radius 2 is 2.00 bits per heavy atom. The maximum absolute atomic E-state index is 12.6. The third kappa shape index (κ3) is 2.66. The van der Waals surface area contributed by atoms with Crippen LogP contribution in [-0.4, -0.2) is 22.2 Å². The standard InChI is InChI=1S/C15H20N4O/c1-4-18(12-8-6-5-7-9-12)15(20)14-13(16)10-19(17-14)11(2)3/h5-11H,4,16H2,1-3H3. The Hall–Kier alpha value is -2.30. The van der Waals surface area contributed by atoms with Crippen LogP contribution in [0, 0.1) is 0 Å². The Kier molecular flexibility index (Phi) is 4.08. The van der Waals surface area contributed by atoms with Gasteiger partial charge in [-0.2, -0.15) is 5.10 Å². The van der Waals surface area contributed by atoms with Crippen LogP contribution in [0.15, 0.2) is 36.5 Å². The van der Waals surface area contributed by atoms with Crippen molar-refractivity contribution in [2.24, 2.45) is 0 Å². The number of hydrogen-bond donors (Lipinski definition) is 1. The van der Waals surface area contributed by atoms with Gasteiger partial charge in [0, 0.05) is 24.5 Å². The minimum atomic E-state index is -0.171. The van der Waals surface area contributed by atoms with Crippen molar-refractivity contribution in [3.05, 3.63) is 42.2 Å². The van der Waals surface area contributed by atoms with Gasteiger partial charge in [0.15, 0.2) is 5.69 Å². The van der Waals surface area contributed by atoms with Gasteiger partial charge in [0.1, 0.15) is 0 Å². The van der Waals surface area contributed by atoms with Gasteiger partial charge < -0.3 is 10.6 Å².